The summed E-state index contributed by atoms with van der Waals surface area (Å²) in [4.78, 5) is 47.9. The molecular weight excluding hydrogens is 392 g/mol. The van der Waals surface area contributed by atoms with E-state index in [4.69, 9.17) is 5.73 Å². The van der Waals surface area contributed by atoms with Gasteiger partial charge in [0.2, 0.25) is 17.7 Å². The maximum atomic E-state index is 12.5. The smallest absolute Gasteiger partial charge is 0.326 e. The molecule has 156 valence electrons. The summed E-state index contributed by atoms with van der Waals surface area (Å²) in [7, 11) is 0. The van der Waals surface area contributed by atoms with E-state index < -0.39 is 47.9 Å². The Morgan fingerprint density at radius 2 is 1.52 bits per heavy atom. The van der Waals surface area contributed by atoms with Crippen LogP contribution in [0.3, 0.4) is 0 Å². The van der Waals surface area contributed by atoms with Crippen LogP contribution in [0.5, 0.6) is 0 Å². The summed E-state index contributed by atoms with van der Waals surface area (Å²) in [5.74, 6) is -2.59. The van der Waals surface area contributed by atoms with Gasteiger partial charge < -0.3 is 26.8 Å². The predicted octanol–water partition coefficient (Wildman–Crippen LogP) is -0.788. The minimum Gasteiger partial charge on any atom is -0.480 e. The third-order valence-electron chi connectivity index (χ3n) is 3.70. The van der Waals surface area contributed by atoms with Gasteiger partial charge in [-0.3, -0.25) is 14.4 Å². The first-order valence-electron chi connectivity index (χ1n) is 8.54. The van der Waals surface area contributed by atoms with Gasteiger partial charge in [-0.25, -0.2) is 4.79 Å². The summed E-state index contributed by atoms with van der Waals surface area (Å²) in [6, 6.07) is -3.75. The van der Waals surface area contributed by atoms with Gasteiger partial charge in [-0.15, -0.1) is 0 Å². The largest absolute Gasteiger partial charge is 0.480 e. The van der Waals surface area contributed by atoms with Gasteiger partial charge >= 0.3 is 5.97 Å². The first-order valence-corrected chi connectivity index (χ1v) is 10.6. The maximum absolute atomic E-state index is 12.5. The summed E-state index contributed by atoms with van der Waals surface area (Å²) >= 11 is 5.57. The molecular formula is C16H30N4O5S2. The van der Waals surface area contributed by atoms with E-state index in [1.807, 2.05) is 6.26 Å². The molecule has 0 spiro atoms. The molecule has 0 aromatic carbocycles. The number of carboxylic acids is 1. The zero-order valence-electron chi connectivity index (χ0n) is 16.0. The molecule has 6 N–H and O–H groups in total. The van der Waals surface area contributed by atoms with Crippen molar-refractivity contribution in [2.24, 2.45) is 11.7 Å². The molecule has 0 aliphatic rings. The number of aliphatic carboxylic acids is 1. The number of hydrogen-bond acceptors (Lipinski definition) is 7. The number of carboxylic acid groups (broad SMARTS) is 1. The number of thiol groups is 1. The van der Waals surface area contributed by atoms with E-state index >= 15 is 0 Å². The van der Waals surface area contributed by atoms with Gasteiger partial charge in [0.25, 0.3) is 0 Å². The van der Waals surface area contributed by atoms with Crippen LogP contribution in [0, 0.1) is 5.92 Å². The Hall–Kier alpha value is -1.46. The molecule has 0 saturated carbocycles. The van der Waals surface area contributed by atoms with E-state index in [0.717, 1.165) is 0 Å². The van der Waals surface area contributed by atoms with E-state index in [-0.39, 0.29) is 11.7 Å². The lowest BCUT2D eigenvalue weighted by atomic mass is 10.0. The molecule has 11 heteroatoms. The molecule has 0 aromatic heterocycles. The average molecular weight is 423 g/mol. The third kappa shape index (κ3) is 9.34. The van der Waals surface area contributed by atoms with Gasteiger partial charge in [0.15, 0.2) is 0 Å². The van der Waals surface area contributed by atoms with E-state index in [2.05, 4.69) is 28.6 Å². The molecule has 0 radical (unpaired) electrons. The van der Waals surface area contributed by atoms with Gasteiger partial charge in [0, 0.05) is 5.75 Å². The number of amides is 3. The fourth-order valence-electron chi connectivity index (χ4n) is 2.04. The number of nitrogens with two attached hydrogens (primary N) is 1. The van der Waals surface area contributed by atoms with Crippen LogP contribution in [0.25, 0.3) is 0 Å². The average Bonchev–Trinajstić information content (AvgIpc) is 2.59. The second kappa shape index (κ2) is 12.8. The molecule has 4 unspecified atom stereocenters. The standard InChI is InChI=1S/C16H30N4O5S2/c1-8(2)12(16(24)25)20-15(23)11(7-26)19-14(22)10(5-6-27-4)18-13(21)9(3)17/h8-12,26H,5-7,17H2,1-4H3,(H,18,21)(H,19,22)(H,20,23)(H,24,25). The minimum atomic E-state index is -1.16. The van der Waals surface area contributed by atoms with Crippen LogP contribution in [0.15, 0.2) is 0 Å². The Kier molecular flexibility index (Phi) is 12.1. The first kappa shape index (κ1) is 25.5. The van der Waals surface area contributed by atoms with Crippen LogP contribution in [0.2, 0.25) is 0 Å². The second-order valence-electron chi connectivity index (χ2n) is 6.44. The molecule has 0 fully saturated rings. The van der Waals surface area contributed by atoms with E-state index in [0.29, 0.717) is 12.2 Å². The SMILES string of the molecule is CSCCC(NC(=O)C(C)N)C(=O)NC(CS)C(=O)NC(C(=O)O)C(C)C. The van der Waals surface area contributed by atoms with Crippen molar-refractivity contribution in [2.45, 2.75) is 51.4 Å². The molecule has 9 nitrogen and oxygen atoms in total. The highest BCUT2D eigenvalue weighted by Crippen LogP contribution is 2.05. The highest BCUT2D eigenvalue weighted by molar-refractivity contribution is 7.98. The Labute approximate surface area is 169 Å². The van der Waals surface area contributed by atoms with Crippen molar-refractivity contribution < 1.29 is 24.3 Å². The minimum absolute atomic E-state index is 0.0293. The summed E-state index contributed by atoms with van der Waals surface area (Å²) in [6.07, 6.45) is 2.22. The van der Waals surface area contributed by atoms with Crippen molar-refractivity contribution in [3.05, 3.63) is 0 Å². The van der Waals surface area contributed by atoms with E-state index in [9.17, 15) is 24.3 Å². The summed E-state index contributed by atoms with van der Waals surface area (Å²) < 4.78 is 0. The van der Waals surface area contributed by atoms with Crippen LogP contribution in [0.1, 0.15) is 27.2 Å². The molecule has 0 aliphatic carbocycles. The van der Waals surface area contributed by atoms with Crippen molar-refractivity contribution in [1.82, 2.24) is 16.0 Å². The van der Waals surface area contributed by atoms with Crippen molar-refractivity contribution in [1.29, 1.82) is 0 Å². The van der Waals surface area contributed by atoms with Gasteiger partial charge in [0.1, 0.15) is 18.1 Å². The Morgan fingerprint density at radius 3 is 1.93 bits per heavy atom. The molecule has 27 heavy (non-hydrogen) atoms. The normalized spacial score (nSPS) is 15.4. The maximum Gasteiger partial charge on any atom is 0.326 e. The van der Waals surface area contributed by atoms with Crippen molar-refractivity contribution in [2.75, 3.05) is 17.8 Å². The zero-order valence-corrected chi connectivity index (χ0v) is 17.7. The zero-order chi connectivity index (χ0) is 21.1. The lowest BCUT2D eigenvalue weighted by Gasteiger charge is -2.25. The van der Waals surface area contributed by atoms with Crippen molar-refractivity contribution in [3.63, 3.8) is 0 Å². The Bertz CT molecular complexity index is 531. The predicted molar refractivity (Wildman–Crippen MR) is 109 cm³/mol. The van der Waals surface area contributed by atoms with Crippen LogP contribution >= 0.6 is 24.4 Å². The Morgan fingerprint density at radius 1 is 1.00 bits per heavy atom. The topological polar surface area (TPSA) is 151 Å². The lowest BCUT2D eigenvalue weighted by molar-refractivity contribution is -0.143. The van der Waals surface area contributed by atoms with Crippen LogP contribution in [-0.4, -0.2) is 70.7 Å². The molecule has 4 atom stereocenters. The Balaban J connectivity index is 5.09. The quantitative estimate of drug-likeness (QED) is 0.226. The molecule has 0 rings (SSSR count). The number of rotatable bonds is 12. The monoisotopic (exact) mass is 422 g/mol. The number of nitrogens with one attached hydrogen (secondary N) is 3. The van der Waals surface area contributed by atoms with E-state index in [1.54, 1.807) is 13.8 Å². The number of hydrogen-bond donors (Lipinski definition) is 6. The lowest BCUT2D eigenvalue weighted by Crippen LogP contribution is -2.58. The summed E-state index contributed by atoms with van der Waals surface area (Å²) in [6.45, 7) is 4.82. The van der Waals surface area contributed by atoms with E-state index in [1.165, 1.54) is 18.7 Å². The molecule has 0 aromatic rings. The fraction of sp³-hybridized carbons (Fsp3) is 0.750. The highest BCUT2D eigenvalue weighted by atomic mass is 32.2. The van der Waals surface area contributed by atoms with Crippen LogP contribution < -0.4 is 21.7 Å². The number of carbonyl (C=O) groups excluding carboxylic acids is 3. The molecule has 0 heterocycles. The van der Waals surface area contributed by atoms with Gasteiger partial charge in [-0.05, 0) is 31.3 Å². The number of carbonyl (C=O) groups is 4. The summed E-state index contributed by atoms with van der Waals surface area (Å²) in [5.41, 5.74) is 5.52. The highest BCUT2D eigenvalue weighted by Gasteiger charge is 2.30. The van der Waals surface area contributed by atoms with Gasteiger partial charge in [-0.2, -0.15) is 24.4 Å². The molecule has 0 saturated heterocycles. The van der Waals surface area contributed by atoms with Crippen LogP contribution in [0.4, 0.5) is 0 Å². The van der Waals surface area contributed by atoms with Crippen LogP contribution in [-0.2, 0) is 19.2 Å². The number of thioether (sulfide) groups is 1. The third-order valence-corrected chi connectivity index (χ3v) is 4.71. The fourth-order valence-corrected chi connectivity index (χ4v) is 2.77. The molecule has 0 bridgehead atoms. The molecule has 0 aliphatic heterocycles. The van der Waals surface area contributed by atoms with Crippen molar-refractivity contribution in [3.8, 4) is 0 Å². The summed E-state index contributed by atoms with van der Waals surface area (Å²) in [5, 5.41) is 16.7. The second-order valence-corrected chi connectivity index (χ2v) is 7.79. The van der Waals surface area contributed by atoms with Gasteiger partial charge in [0.05, 0.1) is 6.04 Å². The first-order chi connectivity index (χ1) is 12.5. The molecule has 3 amide bonds. The van der Waals surface area contributed by atoms with Crippen molar-refractivity contribution >= 4 is 48.1 Å². The van der Waals surface area contributed by atoms with Gasteiger partial charge in [-0.1, -0.05) is 13.8 Å².